The molecule has 0 bridgehead atoms. The fourth-order valence-electron chi connectivity index (χ4n) is 1.52. The van der Waals surface area contributed by atoms with Gasteiger partial charge in [0.15, 0.2) is 5.84 Å². The maximum Gasteiger partial charge on any atom is 0.170 e. The average Bonchev–Trinajstić information content (AvgIpc) is 2.39. The number of rotatable bonds is 6. The van der Waals surface area contributed by atoms with E-state index in [1.165, 1.54) is 0 Å². The average molecular weight is 236 g/mol. The minimum Gasteiger partial charge on any atom is -0.493 e. The number of oxime groups is 1. The second-order valence-electron chi connectivity index (χ2n) is 4.00. The molecule has 0 heterocycles. The van der Waals surface area contributed by atoms with Gasteiger partial charge >= 0.3 is 0 Å². The molecular formula is C13H20N2O2. The molecule has 4 nitrogen and oxygen atoms in total. The summed E-state index contributed by atoms with van der Waals surface area (Å²) in [5, 5.41) is 11.5. The van der Waals surface area contributed by atoms with E-state index in [2.05, 4.69) is 19.0 Å². The number of nitrogens with two attached hydrogens (primary N) is 1. The Morgan fingerprint density at radius 2 is 1.88 bits per heavy atom. The van der Waals surface area contributed by atoms with Crippen LogP contribution in [0.3, 0.4) is 0 Å². The van der Waals surface area contributed by atoms with Gasteiger partial charge < -0.3 is 15.7 Å². The van der Waals surface area contributed by atoms with E-state index in [1.807, 2.05) is 12.1 Å². The van der Waals surface area contributed by atoms with Crippen LogP contribution in [0.2, 0.25) is 0 Å². The molecule has 0 amide bonds. The van der Waals surface area contributed by atoms with Crippen LogP contribution in [-0.2, 0) is 0 Å². The molecule has 0 aliphatic carbocycles. The van der Waals surface area contributed by atoms with Crippen LogP contribution in [-0.4, -0.2) is 17.6 Å². The van der Waals surface area contributed by atoms with Crippen molar-refractivity contribution in [2.75, 3.05) is 6.61 Å². The van der Waals surface area contributed by atoms with Crippen molar-refractivity contribution < 1.29 is 9.94 Å². The molecule has 0 spiro atoms. The first-order valence-electron chi connectivity index (χ1n) is 5.92. The standard InChI is InChI=1S/C13H20N2O2/c1-3-10(4-2)9-17-12-7-5-11(6-8-12)13(14)15-16/h5-8,10,16H,3-4,9H2,1-2H3,(H2,14,15). The second kappa shape index (κ2) is 6.78. The summed E-state index contributed by atoms with van der Waals surface area (Å²) in [6, 6.07) is 7.21. The quantitative estimate of drug-likeness (QED) is 0.345. The SMILES string of the molecule is CCC(CC)COc1ccc(/C(N)=N/O)cc1. The van der Waals surface area contributed by atoms with E-state index < -0.39 is 0 Å². The Bertz CT molecular complexity index is 356. The first kappa shape index (κ1) is 13.4. The Kier molecular flexibility index (Phi) is 5.33. The van der Waals surface area contributed by atoms with Gasteiger partial charge in [-0.1, -0.05) is 31.8 Å². The second-order valence-corrected chi connectivity index (χ2v) is 4.00. The Labute approximate surface area is 102 Å². The van der Waals surface area contributed by atoms with Crippen molar-refractivity contribution in [2.24, 2.45) is 16.8 Å². The molecule has 0 aliphatic heterocycles. The zero-order valence-electron chi connectivity index (χ0n) is 10.4. The van der Waals surface area contributed by atoms with Gasteiger partial charge in [0, 0.05) is 5.56 Å². The van der Waals surface area contributed by atoms with Crippen molar-refractivity contribution >= 4 is 5.84 Å². The van der Waals surface area contributed by atoms with E-state index in [0.717, 1.165) is 25.2 Å². The summed E-state index contributed by atoms with van der Waals surface area (Å²) in [5.74, 6) is 1.52. The Morgan fingerprint density at radius 3 is 2.35 bits per heavy atom. The van der Waals surface area contributed by atoms with Crippen molar-refractivity contribution in [1.82, 2.24) is 0 Å². The number of nitrogens with zero attached hydrogens (tertiary/aromatic N) is 1. The van der Waals surface area contributed by atoms with Gasteiger partial charge in [0.2, 0.25) is 0 Å². The largest absolute Gasteiger partial charge is 0.493 e. The maximum absolute atomic E-state index is 8.53. The van der Waals surface area contributed by atoms with E-state index in [0.29, 0.717) is 11.5 Å². The predicted molar refractivity (Wildman–Crippen MR) is 68.5 cm³/mol. The van der Waals surface area contributed by atoms with Crippen molar-refractivity contribution in [2.45, 2.75) is 26.7 Å². The number of hydrogen-bond donors (Lipinski definition) is 2. The van der Waals surface area contributed by atoms with Gasteiger partial charge in [-0.3, -0.25) is 0 Å². The molecule has 0 saturated heterocycles. The van der Waals surface area contributed by atoms with E-state index in [4.69, 9.17) is 15.7 Å². The molecule has 17 heavy (non-hydrogen) atoms. The van der Waals surface area contributed by atoms with Crippen molar-refractivity contribution in [3.05, 3.63) is 29.8 Å². The van der Waals surface area contributed by atoms with Gasteiger partial charge in [-0.25, -0.2) is 0 Å². The lowest BCUT2D eigenvalue weighted by atomic mass is 10.1. The van der Waals surface area contributed by atoms with Gasteiger partial charge in [-0.05, 0) is 30.2 Å². The van der Waals surface area contributed by atoms with Crippen molar-refractivity contribution in [3.63, 3.8) is 0 Å². The summed E-state index contributed by atoms with van der Waals surface area (Å²) in [6.45, 7) is 5.06. The molecule has 1 rings (SSSR count). The van der Waals surface area contributed by atoms with Crippen LogP contribution in [0.1, 0.15) is 32.3 Å². The van der Waals surface area contributed by atoms with Crippen molar-refractivity contribution in [3.8, 4) is 5.75 Å². The molecule has 1 aromatic rings. The summed E-state index contributed by atoms with van der Waals surface area (Å²) < 4.78 is 5.68. The lowest BCUT2D eigenvalue weighted by molar-refractivity contribution is 0.240. The highest BCUT2D eigenvalue weighted by atomic mass is 16.5. The smallest absolute Gasteiger partial charge is 0.170 e. The Morgan fingerprint density at radius 1 is 1.29 bits per heavy atom. The monoisotopic (exact) mass is 236 g/mol. The molecule has 0 aliphatic rings. The molecular weight excluding hydrogens is 216 g/mol. The van der Waals surface area contributed by atoms with E-state index in [1.54, 1.807) is 12.1 Å². The fourth-order valence-corrected chi connectivity index (χ4v) is 1.52. The highest BCUT2D eigenvalue weighted by Crippen LogP contribution is 2.15. The maximum atomic E-state index is 8.53. The Balaban J connectivity index is 2.57. The topological polar surface area (TPSA) is 67.8 Å². The first-order valence-corrected chi connectivity index (χ1v) is 5.92. The predicted octanol–water partition coefficient (Wildman–Crippen LogP) is 2.60. The number of hydrogen-bond acceptors (Lipinski definition) is 3. The van der Waals surface area contributed by atoms with Crippen LogP contribution in [0.4, 0.5) is 0 Å². The molecule has 0 radical (unpaired) electrons. The molecule has 0 saturated carbocycles. The van der Waals surface area contributed by atoms with Gasteiger partial charge in [0.05, 0.1) is 6.61 Å². The van der Waals surface area contributed by atoms with Crippen LogP contribution in [0.15, 0.2) is 29.4 Å². The zero-order chi connectivity index (χ0) is 12.7. The fraction of sp³-hybridized carbons (Fsp3) is 0.462. The van der Waals surface area contributed by atoms with Crippen molar-refractivity contribution in [1.29, 1.82) is 0 Å². The summed E-state index contributed by atoms with van der Waals surface area (Å²) in [5.41, 5.74) is 6.15. The number of amidine groups is 1. The van der Waals surface area contributed by atoms with Gasteiger partial charge in [-0.15, -0.1) is 0 Å². The van der Waals surface area contributed by atoms with E-state index >= 15 is 0 Å². The van der Waals surface area contributed by atoms with Crippen LogP contribution < -0.4 is 10.5 Å². The highest BCUT2D eigenvalue weighted by Gasteiger charge is 2.05. The van der Waals surface area contributed by atoms with Gasteiger partial charge in [0.25, 0.3) is 0 Å². The number of ether oxygens (including phenoxy) is 1. The molecule has 4 heteroatoms. The number of benzene rings is 1. The molecule has 0 unspecified atom stereocenters. The first-order chi connectivity index (χ1) is 8.21. The summed E-state index contributed by atoms with van der Waals surface area (Å²) >= 11 is 0. The van der Waals surface area contributed by atoms with Crippen LogP contribution in [0, 0.1) is 5.92 Å². The zero-order valence-corrected chi connectivity index (χ0v) is 10.4. The summed E-state index contributed by atoms with van der Waals surface area (Å²) in [7, 11) is 0. The third-order valence-corrected chi connectivity index (χ3v) is 2.90. The highest BCUT2D eigenvalue weighted by molar-refractivity contribution is 5.97. The molecule has 3 N–H and O–H groups in total. The molecule has 0 atom stereocenters. The van der Waals surface area contributed by atoms with Gasteiger partial charge in [0.1, 0.15) is 5.75 Å². The Hall–Kier alpha value is -1.71. The van der Waals surface area contributed by atoms with Crippen LogP contribution in [0.25, 0.3) is 0 Å². The lowest BCUT2D eigenvalue weighted by Gasteiger charge is -2.13. The van der Waals surface area contributed by atoms with E-state index in [-0.39, 0.29) is 5.84 Å². The molecule has 0 fully saturated rings. The third kappa shape index (κ3) is 3.98. The molecule has 0 aromatic heterocycles. The van der Waals surface area contributed by atoms with Crippen LogP contribution >= 0.6 is 0 Å². The third-order valence-electron chi connectivity index (χ3n) is 2.90. The molecule has 1 aromatic carbocycles. The van der Waals surface area contributed by atoms with Crippen LogP contribution in [0.5, 0.6) is 5.75 Å². The van der Waals surface area contributed by atoms with E-state index in [9.17, 15) is 0 Å². The minimum atomic E-state index is 0.108. The summed E-state index contributed by atoms with van der Waals surface area (Å²) in [4.78, 5) is 0. The minimum absolute atomic E-state index is 0.108. The normalized spacial score (nSPS) is 11.8. The summed E-state index contributed by atoms with van der Waals surface area (Å²) in [6.07, 6.45) is 2.25. The lowest BCUT2D eigenvalue weighted by Crippen LogP contribution is -2.13. The molecule has 94 valence electrons. The van der Waals surface area contributed by atoms with Gasteiger partial charge in [-0.2, -0.15) is 0 Å².